The van der Waals surface area contributed by atoms with E-state index >= 15 is 0 Å². The van der Waals surface area contributed by atoms with Gasteiger partial charge >= 0.3 is 0 Å². The summed E-state index contributed by atoms with van der Waals surface area (Å²) in [5.74, 6) is 0.00486. The Hall–Kier alpha value is -3.08. The summed E-state index contributed by atoms with van der Waals surface area (Å²) in [7, 11) is 0. The molecule has 0 spiro atoms. The van der Waals surface area contributed by atoms with E-state index in [4.69, 9.17) is 22.3 Å². The number of rotatable bonds is 4. The minimum Gasteiger partial charge on any atom is -0.508 e. The molecule has 5 heteroatoms. The SMILES string of the molecule is N=C(N)c1ccc(C=Cc2cc(O)cc(C(=N)N)c2)cc1. The van der Waals surface area contributed by atoms with E-state index in [1.807, 2.05) is 24.3 Å². The molecule has 0 aliphatic heterocycles. The third kappa shape index (κ3) is 3.70. The predicted molar refractivity (Wildman–Crippen MR) is 85.5 cm³/mol. The van der Waals surface area contributed by atoms with Crippen molar-refractivity contribution < 1.29 is 5.11 Å². The minimum atomic E-state index is -0.0913. The van der Waals surface area contributed by atoms with Crippen molar-refractivity contribution in [2.24, 2.45) is 11.5 Å². The van der Waals surface area contributed by atoms with Crippen LogP contribution in [-0.2, 0) is 0 Å². The Morgan fingerprint density at radius 1 is 0.810 bits per heavy atom. The highest BCUT2D eigenvalue weighted by atomic mass is 16.3. The average molecular weight is 280 g/mol. The van der Waals surface area contributed by atoms with E-state index in [9.17, 15) is 5.11 Å². The lowest BCUT2D eigenvalue weighted by Gasteiger charge is -2.02. The number of nitrogen functional groups attached to an aromatic ring is 2. The van der Waals surface area contributed by atoms with Crippen molar-refractivity contribution in [1.29, 1.82) is 10.8 Å². The molecule has 0 fully saturated rings. The molecule has 0 aliphatic carbocycles. The summed E-state index contributed by atoms with van der Waals surface area (Å²) in [6, 6.07) is 12.0. The molecule has 7 N–H and O–H groups in total. The number of hydrogen-bond donors (Lipinski definition) is 5. The molecule has 0 heterocycles. The van der Waals surface area contributed by atoms with Crippen molar-refractivity contribution >= 4 is 23.8 Å². The largest absolute Gasteiger partial charge is 0.508 e. The van der Waals surface area contributed by atoms with Gasteiger partial charge in [-0.2, -0.15) is 0 Å². The maximum absolute atomic E-state index is 9.61. The van der Waals surface area contributed by atoms with Crippen LogP contribution in [0.4, 0.5) is 0 Å². The van der Waals surface area contributed by atoms with E-state index in [1.54, 1.807) is 24.3 Å². The predicted octanol–water partition coefficient (Wildman–Crippen LogP) is 2.13. The molecule has 106 valence electrons. The first-order valence-electron chi connectivity index (χ1n) is 6.27. The van der Waals surface area contributed by atoms with Gasteiger partial charge in [0, 0.05) is 11.1 Å². The summed E-state index contributed by atoms with van der Waals surface area (Å²) in [5.41, 5.74) is 13.6. The summed E-state index contributed by atoms with van der Waals surface area (Å²) < 4.78 is 0. The van der Waals surface area contributed by atoms with Crippen molar-refractivity contribution in [1.82, 2.24) is 0 Å². The molecule has 2 aromatic rings. The van der Waals surface area contributed by atoms with Crippen molar-refractivity contribution in [3.8, 4) is 5.75 Å². The lowest BCUT2D eigenvalue weighted by atomic mass is 10.1. The Labute approximate surface area is 122 Å². The summed E-state index contributed by atoms with van der Waals surface area (Å²) in [6.07, 6.45) is 3.68. The maximum atomic E-state index is 9.61. The lowest BCUT2D eigenvalue weighted by Crippen LogP contribution is -2.10. The van der Waals surface area contributed by atoms with E-state index in [1.165, 1.54) is 6.07 Å². The molecule has 0 aliphatic rings. The molecule has 5 nitrogen and oxygen atoms in total. The lowest BCUT2D eigenvalue weighted by molar-refractivity contribution is 0.475. The molecule has 0 saturated heterocycles. The third-order valence-corrected chi connectivity index (χ3v) is 2.94. The number of amidine groups is 2. The number of nitrogens with two attached hydrogens (primary N) is 2. The second kappa shape index (κ2) is 5.92. The Morgan fingerprint density at radius 2 is 1.38 bits per heavy atom. The maximum Gasteiger partial charge on any atom is 0.122 e. The van der Waals surface area contributed by atoms with E-state index in [2.05, 4.69) is 0 Å². The van der Waals surface area contributed by atoms with E-state index in [0.717, 1.165) is 11.1 Å². The second-order valence-corrected chi connectivity index (χ2v) is 4.60. The molecule has 0 atom stereocenters. The van der Waals surface area contributed by atoms with Gasteiger partial charge in [-0.3, -0.25) is 10.8 Å². The first-order chi connectivity index (χ1) is 9.95. The van der Waals surface area contributed by atoms with Crippen LogP contribution in [0.2, 0.25) is 0 Å². The van der Waals surface area contributed by atoms with Gasteiger partial charge in [0.15, 0.2) is 0 Å². The Morgan fingerprint density at radius 3 is 1.95 bits per heavy atom. The van der Waals surface area contributed by atoms with Gasteiger partial charge in [0.25, 0.3) is 0 Å². The van der Waals surface area contributed by atoms with Gasteiger partial charge in [0.1, 0.15) is 17.4 Å². The van der Waals surface area contributed by atoms with Gasteiger partial charge < -0.3 is 16.6 Å². The topological polar surface area (TPSA) is 120 Å². The molecule has 0 radical (unpaired) electrons. The normalized spacial score (nSPS) is 10.7. The molecule has 0 saturated carbocycles. The Balaban J connectivity index is 2.24. The zero-order valence-corrected chi connectivity index (χ0v) is 11.3. The van der Waals surface area contributed by atoms with Crippen LogP contribution in [0.5, 0.6) is 5.75 Å². The standard InChI is InChI=1S/C16H16N4O/c17-15(18)12-5-3-10(4-6-12)1-2-11-7-13(16(19)20)9-14(21)8-11/h1-9,21H,(H3,17,18)(H3,19,20). The minimum absolute atomic E-state index is 0.0320. The Bertz CT molecular complexity index is 718. The molecule has 0 bridgehead atoms. The van der Waals surface area contributed by atoms with Gasteiger partial charge in [-0.25, -0.2) is 0 Å². The number of nitrogens with one attached hydrogen (secondary N) is 2. The number of benzene rings is 2. The number of hydrogen-bond acceptors (Lipinski definition) is 3. The van der Waals surface area contributed by atoms with Crippen molar-refractivity contribution in [2.45, 2.75) is 0 Å². The van der Waals surface area contributed by atoms with Gasteiger partial charge in [-0.05, 0) is 29.3 Å². The number of phenols is 1. The van der Waals surface area contributed by atoms with E-state index in [0.29, 0.717) is 11.1 Å². The van der Waals surface area contributed by atoms with E-state index < -0.39 is 0 Å². The number of phenolic OH excluding ortho intramolecular Hbond substituents is 1. The van der Waals surface area contributed by atoms with Crippen LogP contribution in [0.25, 0.3) is 12.2 Å². The molecule has 21 heavy (non-hydrogen) atoms. The zero-order valence-electron chi connectivity index (χ0n) is 11.3. The molecule has 2 rings (SSSR count). The smallest absolute Gasteiger partial charge is 0.122 e. The first kappa shape index (κ1) is 14.3. The van der Waals surface area contributed by atoms with Gasteiger partial charge in [0.2, 0.25) is 0 Å². The van der Waals surface area contributed by atoms with E-state index in [-0.39, 0.29) is 17.4 Å². The second-order valence-electron chi connectivity index (χ2n) is 4.60. The quantitative estimate of drug-likeness (QED) is 0.335. The fourth-order valence-electron chi connectivity index (χ4n) is 1.85. The highest BCUT2D eigenvalue weighted by Crippen LogP contribution is 2.18. The highest BCUT2D eigenvalue weighted by molar-refractivity contribution is 5.96. The molecule has 0 unspecified atom stereocenters. The van der Waals surface area contributed by atoms with Crippen LogP contribution in [-0.4, -0.2) is 16.8 Å². The summed E-state index contributed by atoms with van der Waals surface area (Å²) in [6.45, 7) is 0. The fraction of sp³-hybridized carbons (Fsp3) is 0. The summed E-state index contributed by atoms with van der Waals surface area (Å²) in [5, 5.41) is 24.3. The first-order valence-corrected chi connectivity index (χ1v) is 6.27. The molecular formula is C16H16N4O. The van der Waals surface area contributed by atoms with Gasteiger partial charge in [-0.1, -0.05) is 36.4 Å². The summed E-state index contributed by atoms with van der Waals surface area (Å²) in [4.78, 5) is 0. The van der Waals surface area contributed by atoms with Crippen molar-refractivity contribution in [3.05, 3.63) is 64.7 Å². The van der Waals surface area contributed by atoms with Crippen LogP contribution in [0.3, 0.4) is 0 Å². The zero-order chi connectivity index (χ0) is 15.4. The highest BCUT2D eigenvalue weighted by Gasteiger charge is 2.01. The third-order valence-electron chi connectivity index (χ3n) is 2.94. The summed E-state index contributed by atoms with van der Waals surface area (Å²) >= 11 is 0. The molecule has 0 aromatic heterocycles. The molecule has 2 aromatic carbocycles. The van der Waals surface area contributed by atoms with Crippen LogP contribution >= 0.6 is 0 Å². The Kier molecular flexibility index (Phi) is 4.04. The van der Waals surface area contributed by atoms with Crippen LogP contribution in [0, 0.1) is 10.8 Å². The van der Waals surface area contributed by atoms with Crippen molar-refractivity contribution in [3.63, 3.8) is 0 Å². The van der Waals surface area contributed by atoms with Gasteiger partial charge in [0.05, 0.1) is 0 Å². The van der Waals surface area contributed by atoms with Crippen LogP contribution in [0.15, 0.2) is 42.5 Å². The fourth-order valence-corrected chi connectivity index (χ4v) is 1.85. The molecular weight excluding hydrogens is 264 g/mol. The average Bonchev–Trinajstić information content (AvgIpc) is 2.45. The van der Waals surface area contributed by atoms with Gasteiger partial charge in [-0.15, -0.1) is 0 Å². The van der Waals surface area contributed by atoms with Crippen LogP contribution < -0.4 is 11.5 Å². The monoisotopic (exact) mass is 280 g/mol. The number of aromatic hydroxyl groups is 1. The molecule has 0 amide bonds. The van der Waals surface area contributed by atoms with Crippen molar-refractivity contribution in [2.75, 3.05) is 0 Å². The van der Waals surface area contributed by atoms with Crippen LogP contribution in [0.1, 0.15) is 22.3 Å².